The quantitative estimate of drug-likeness (QED) is 0.694. The molecule has 1 aromatic carbocycles. The Kier molecular flexibility index (Phi) is 9.15. The van der Waals surface area contributed by atoms with Gasteiger partial charge < -0.3 is 10.4 Å². The van der Waals surface area contributed by atoms with E-state index in [1.807, 2.05) is 0 Å². The summed E-state index contributed by atoms with van der Waals surface area (Å²) < 4.78 is 52.3. The highest BCUT2D eigenvalue weighted by atomic mass is 79.9. The number of hydrogen-bond donors (Lipinski definition) is 2. The number of nitrogens with zero attached hydrogens (tertiary/aromatic N) is 1. The van der Waals surface area contributed by atoms with Gasteiger partial charge >= 0.3 is 6.18 Å². The third-order valence-electron chi connectivity index (χ3n) is 3.51. The van der Waals surface area contributed by atoms with E-state index in [2.05, 4.69) is 21.2 Å². The highest BCUT2D eigenvalue weighted by Gasteiger charge is 2.37. The maximum atomic E-state index is 13.4. The Balaban J connectivity index is 0.00000242. The summed E-state index contributed by atoms with van der Waals surface area (Å²) in [5, 5.41) is 13.0. The summed E-state index contributed by atoms with van der Waals surface area (Å²) in [7, 11) is 0. The van der Waals surface area contributed by atoms with Crippen molar-refractivity contribution in [3.8, 4) is 5.75 Å². The minimum atomic E-state index is -4.69. The second kappa shape index (κ2) is 9.27. The van der Waals surface area contributed by atoms with Crippen LogP contribution in [0.5, 0.6) is 5.75 Å². The predicted molar refractivity (Wildman–Crippen MR) is 88.5 cm³/mol. The number of alkyl halides is 4. The normalized spacial score (nSPS) is 17.1. The topological polar surface area (TPSA) is 35.5 Å². The van der Waals surface area contributed by atoms with Crippen molar-refractivity contribution in [2.45, 2.75) is 12.2 Å². The molecule has 0 bridgehead atoms. The van der Waals surface area contributed by atoms with Crippen LogP contribution >= 0.6 is 40.7 Å². The molecule has 2 N–H and O–H groups in total. The van der Waals surface area contributed by atoms with Crippen LogP contribution in [0.2, 0.25) is 0 Å². The molecule has 1 heterocycles. The molecule has 1 atom stereocenters. The Hall–Kier alpha value is -0.280. The molecular formula is C13H17BrCl2F4N2O. The lowest BCUT2D eigenvalue weighted by Crippen LogP contribution is -2.45. The average molecular weight is 444 g/mol. The Bertz CT molecular complexity index is 513. The molecule has 10 heteroatoms. The summed E-state index contributed by atoms with van der Waals surface area (Å²) in [6, 6.07) is 1.26. The Morgan fingerprint density at radius 2 is 1.78 bits per heavy atom. The maximum Gasteiger partial charge on any atom is 0.420 e. The third-order valence-corrected chi connectivity index (χ3v) is 3.96. The number of piperazine rings is 1. The molecule has 134 valence electrons. The summed E-state index contributed by atoms with van der Waals surface area (Å²) in [5.41, 5.74) is -1.19. The zero-order valence-electron chi connectivity index (χ0n) is 11.9. The molecule has 0 spiro atoms. The molecule has 1 aliphatic heterocycles. The first-order valence-corrected chi connectivity index (χ1v) is 7.24. The zero-order chi connectivity index (χ0) is 15.6. The molecule has 1 aromatic rings. The van der Waals surface area contributed by atoms with Crippen LogP contribution in [0.4, 0.5) is 17.6 Å². The van der Waals surface area contributed by atoms with Crippen LogP contribution in [0.25, 0.3) is 0 Å². The minimum Gasteiger partial charge on any atom is -0.507 e. The first kappa shape index (κ1) is 22.7. The molecule has 23 heavy (non-hydrogen) atoms. The number of aromatic hydroxyl groups is 1. The van der Waals surface area contributed by atoms with E-state index in [-0.39, 0.29) is 34.9 Å². The lowest BCUT2D eigenvalue weighted by molar-refractivity contribution is -0.138. The van der Waals surface area contributed by atoms with Crippen molar-refractivity contribution in [2.75, 3.05) is 32.9 Å². The van der Waals surface area contributed by atoms with Crippen molar-refractivity contribution in [2.24, 2.45) is 0 Å². The summed E-state index contributed by atoms with van der Waals surface area (Å²) in [6.45, 7) is 1.44. The van der Waals surface area contributed by atoms with Crippen molar-refractivity contribution >= 4 is 40.7 Å². The van der Waals surface area contributed by atoms with E-state index in [4.69, 9.17) is 0 Å². The largest absolute Gasteiger partial charge is 0.507 e. The monoisotopic (exact) mass is 442 g/mol. The summed E-state index contributed by atoms with van der Waals surface area (Å²) in [6.07, 6.45) is -4.69. The number of phenolic OH excluding ortho intramolecular Hbond substituents is 1. The molecule has 0 radical (unpaired) electrons. The zero-order valence-corrected chi connectivity index (χ0v) is 15.1. The fraction of sp³-hybridized carbons (Fsp3) is 0.538. The summed E-state index contributed by atoms with van der Waals surface area (Å²) in [4.78, 5) is 1.73. The van der Waals surface area contributed by atoms with Crippen molar-refractivity contribution in [3.05, 3.63) is 27.7 Å². The van der Waals surface area contributed by atoms with Gasteiger partial charge in [0.25, 0.3) is 0 Å². The summed E-state index contributed by atoms with van der Waals surface area (Å²) >= 11 is 3.00. The van der Waals surface area contributed by atoms with E-state index in [1.165, 1.54) is 6.07 Å². The van der Waals surface area contributed by atoms with Gasteiger partial charge in [-0.2, -0.15) is 13.2 Å². The minimum absolute atomic E-state index is 0. The SMILES string of the molecule is Cl.Cl.Oc1c([C@@H](CF)N2CCNCC2)cc(Br)cc1C(F)(F)F. The fourth-order valence-corrected chi connectivity index (χ4v) is 2.94. The molecule has 0 amide bonds. The standard InChI is InChI=1S/C13H15BrF4N2O.2ClH/c14-8-5-9(12(21)10(6-8)13(16,17)18)11(7-15)20-3-1-19-2-4-20;;/h5-6,11,19,21H,1-4,7H2;2*1H/t11-;;/m1../s1. The molecule has 1 fully saturated rings. The second-order valence-corrected chi connectivity index (χ2v) is 5.76. The lowest BCUT2D eigenvalue weighted by Gasteiger charge is -2.34. The van der Waals surface area contributed by atoms with Crippen LogP contribution in [0.1, 0.15) is 17.2 Å². The average Bonchev–Trinajstić information content (AvgIpc) is 2.43. The van der Waals surface area contributed by atoms with E-state index >= 15 is 0 Å². The Labute approximate surface area is 152 Å². The van der Waals surface area contributed by atoms with Gasteiger partial charge in [0, 0.05) is 36.2 Å². The van der Waals surface area contributed by atoms with Crippen molar-refractivity contribution < 1.29 is 22.7 Å². The highest BCUT2D eigenvalue weighted by molar-refractivity contribution is 9.10. The fourth-order valence-electron chi connectivity index (χ4n) is 2.46. The van der Waals surface area contributed by atoms with Crippen LogP contribution < -0.4 is 5.32 Å². The van der Waals surface area contributed by atoms with Gasteiger partial charge in [-0.3, -0.25) is 4.90 Å². The molecule has 0 unspecified atom stereocenters. The van der Waals surface area contributed by atoms with E-state index in [0.29, 0.717) is 26.2 Å². The maximum absolute atomic E-state index is 13.4. The molecule has 0 saturated carbocycles. The van der Waals surface area contributed by atoms with Gasteiger partial charge in [-0.1, -0.05) is 15.9 Å². The van der Waals surface area contributed by atoms with Crippen LogP contribution in [0, 0.1) is 0 Å². The van der Waals surface area contributed by atoms with E-state index in [1.54, 1.807) is 4.90 Å². The van der Waals surface area contributed by atoms with Gasteiger partial charge in [-0.05, 0) is 12.1 Å². The van der Waals surface area contributed by atoms with Crippen LogP contribution in [-0.2, 0) is 6.18 Å². The van der Waals surface area contributed by atoms with Gasteiger partial charge in [-0.15, -0.1) is 24.8 Å². The van der Waals surface area contributed by atoms with Crippen LogP contribution in [-0.4, -0.2) is 42.9 Å². The predicted octanol–water partition coefficient (Wildman–Crippen LogP) is 3.93. The number of benzene rings is 1. The van der Waals surface area contributed by atoms with Crippen LogP contribution in [0.3, 0.4) is 0 Å². The van der Waals surface area contributed by atoms with Crippen LogP contribution in [0.15, 0.2) is 16.6 Å². The van der Waals surface area contributed by atoms with Gasteiger partial charge in [0.05, 0.1) is 11.6 Å². The van der Waals surface area contributed by atoms with Crippen molar-refractivity contribution in [3.63, 3.8) is 0 Å². The van der Waals surface area contributed by atoms with Crippen molar-refractivity contribution in [1.29, 1.82) is 0 Å². The van der Waals surface area contributed by atoms with E-state index < -0.39 is 30.2 Å². The lowest BCUT2D eigenvalue weighted by atomic mass is 10.0. The van der Waals surface area contributed by atoms with Gasteiger partial charge in [0.2, 0.25) is 0 Å². The van der Waals surface area contributed by atoms with E-state index in [9.17, 15) is 22.7 Å². The Morgan fingerprint density at radius 1 is 1.22 bits per heavy atom. The number of phenols is 1. The number of hydrogen-bond acceptors (Lipinski definition) is 3. The van der Waals surface area contributed by atoms with Gasteiger partial charge in [-0.25, -0.2) is 4.39 Å². The number of nitrogens with one attached hydrogen (secondary N) is 1. The third kappa shape index (κ3) is 5.35. The molecule has 2 rings (SSSR count). The van der Waals surface area contributed by atoms with Gasteiger partial charge in [0.15, 0.2) is 0 Å². The molecule has 0 aromatic heterocycles. The first-order valence-electron chi connectivity index (χ1n) is 6.45. The first-order chi connectivity index (χ1) is 9.84. The van der Waals surface area contributed by atoms with Gasteiger partial charge in [0.1, 0.15) is 12.4 Å². The Morgan fingerprint density at radius 3 is 2.26 bits per heavy atom. The highest BCUT2D eigenvalue weighted by Crippen LogP contribution is 2.42. The molecular weight excluding hydrogens is 427 g/mol. The van der Waals surface area contributed by atoms with Crippen molar-refractivity contribution in [1.82, 2.24) is 10.2 Å². The summed E-state index contributed by atoms with van der Waals surface area (Å²) in [5.74, 6) is -0.896. The molecule has 1 aliphatic rings. The number of halogens is 7. The second-order valence-electron chi connectivity index (χ2n) is 4.85. The molecule has 1 saturated heterocycles. The molecule has 3 nitrogen and oxygen atoms in total. The molecule has 0 aliphatic carbocycles. The smallest absolute Gasteiger partial charge is 0.420 e. The van der Waals surface area contributed by atoms with E-state index in [0.717, 1.165) is 6.07 Å². The number of rotatable bonds is 3.